The minimum atomic E-state index is -0.525. The molecule has 1 amide bonds. The number of hydrogen-bond donors (Lipinski definition) is 0. The normalized spacial score (nSPS) is 14.7. The molecule has 27 heavy (non-hydrogen) atoms. The lowest BCUT2D eigenvalue weighted by molar-refractivity contribution is -0.112. The van der Waals surface area contributed by atoms with Crippen molar-refractivity contribution in [1.29, 1.82) is 0 Å². The maximum absolute atomic E-state index is 13.4. The summed E-state index contributed by atoms with van der Waals surface area (Å²) < 4.78 is 13.4. The second kappa shape index (κ2) is 7.14. The Bertz CT molecular complexity index is 1060. The number of fused-ring (bicyclic) bond motifs is 1. The second-order valence-electron chi connectivity index (χ2n) is 6.09. The zero-order valence-electron chi connectivity index (χ0n) is 14.0. The molecule has 3 nitrogen and oxygen atoms in total. The molecule has 0 aromatic heterocycles. The summed E-state index contributed by atoms with van der Waals surface area (Å²) in [6.45, 7) is 0.399. The molecule has 1 heterocycles. The van der Waals surface area contributed by atoms with Gasteiger partial charge in [0.1, 0.15) is 11.5 Å². The van der Waals surface area contributed by atoms with E-state index < -0.39 is 5.82 Å². The van der Waals surface area contributed by atoms with E-state index in [1.54, 1.807) is 17.0 Å². The number of carbonyl (C=O) groups is 1. The topological polar surface area (TPSA) is 32.7 Å². The minimum Gasteiger partial charge on any atom is -0.302 e. The second-order valence-corrected chi connectivity index (χ2v) is 6.94. The maximum Gasteiger partial charge on any atom is 0.277 e. The van der Waals surface area contributed by atoms with E-state index in [1.807, 2.05) is 36.4 Å². The van der Waals surface area contributed by atoms with E-state index in [9.17, 15) is 9.18 Å². The predicted octanol–water partition coefficient (Wildman–Crippen LogP) is 5.80. The molecular formula is C21H13Cl2FN2O. The van der Waals surface area contributed by atoms with Gasteiger partial charge in [0.25, 0.3) is 5.91 Å². The molecule has 0 spiro atoms. The average molecular weight is 399 g/mol. The highest BCUT2D eigenvalue weighted by atomic mass is 35.5. The molecule has 0 atom stereocenters. The number of halogens is 3. The van der Waals surface area contributed by atoms with Crippen LogP contribution in [0.2, 0.25) is 10.0 Å². The minimum absolute atomic E-state index is 0.0337. The lowest BCUT2D eigenvalue weighted by atomic mass is 10.1. The van der Waals surface area contributed by atoms with Crippen LogP contribution in [0.25, 0.3) is 0 Å². The van der Waals surface area contributed by atoms with Gasteiger partial charge in [0.15, 0.2) is 0 Å². The van der Waals surface area contributed by atoms with Crippen molar-refractivity contribution in [2.24, 2.45) is 4.99 Å². The van der Waals surface area contributed by atoms with E-state index in [4.69, 9.17) is 23.2 Å². The van der Waals surface area contributed by atoms with Crippen molar-refractivity contribution < 1.29 is 9.18 Å². The molecule has 1 aliphatic rings. The van der Waals surface area contributed by atoms with Gasteiger partial charge in [-0.15, -0.1) is 0 Å². The van der Waals surface area contributed by atoms with Gasteiger partial charge in [-0.3, -0.25) is 4.79 Å². The third kappa shape index (κ3) is 3.46. The van der Waals surface area contributed by atoms with Crippen LogP contribution >= 0.6 is 23.2 Å². The first-order chi connectivity index (χ1) is 13.0. The summed E-state index contributed by atoms with van der Waals surface area (Å²) in [6, 6.07) is 18.9. The van der Waals surface area contributed by atoms with Crippen molar-refractivity contribution in [2.75, 3.05) is 4.90 Å². The molecule has 0 aliphatic carbocycles. The number of benzene rings is 3. The van der Waals surface area contributed by atoms with E-state index in [-0.39, 0.29) is 10.9 Å². The zero-order chi connectivity index (χ0) is 19.0. The highest BCUT2D eigenvalue weighted by Crippen LogP contribution is 2.32. The van der Waals surface area contributed by atoms with Crippen LogP contribution in [-0.2, 0) is 11.3 Å². The van der Waals surface area contributed by atoms with E-state index in [0.29, 0.717) is 23.0 Å². The van der Waals surface area contributed by atoms with Gasteiger partial charge in [-0.05, 0) is 42.0 Å². The van der Waals surface area contributed by atoms with Crippen LogP contribution in [0, 0.1) is 5.82 Å². The van der Waals surface area contributed by atoms with Gasteiger partial charge >= 0.3 is 0 Å². The summed E-state index contributed by atoms with van der Waals surface area (Å²) in [4.78, 5) is 19.2. The van der Waals surface area contributed by atoms with Crippen LogP contribution in [-0.4, -0.2) is 11.6 Å². The molecule has 6 heteroatoms. The number of rotatable bonds is 3. The van der Waals surface area contributed by atoms with Gasteiger partial charge in [0.2, 0.25) is 0 Å². The molecule has 0 N–H and O–H groups in total. The summed E-state index contributed by atoms with van der Waals surface area (Å²) in [7, 11) is 0. The monoisotopic (exact) mass is 398 g/mol. The van der Waals surface area contributed by atoms with Crippen LogP contribution in [0.15, 0.2) is 71.7 Å². The Morgan fingerprint density at radius 1 is 0.963 bits per heavy atom. The van der Waals surface area contributed by atoms with Crippen molar-refractivity contribution >= 4 is 46.2 Å². The molecule has 4 rings (SSSR count). The SMILES string of the molecule is O=C1C(=Nc2ccc(F)c(Cl)c2)c2ccccc2N1Cc1ccc(Cl)cc1. The molecule has 3 aromatic rings. The van der Waals surface area contributed by atoms with Gasteiger partial charge in [-0.2, -0.15) is 0 Å². The summed E-state index contributed by atoms with van der Waals surface area (Å²) in [5, 5.41) is 0.607. The first-order valence-corrected chi connectivity index (χ1v) is 8.98. The van der Waals surface area contributed by atoms with E-state index >= 15 is 0 Å². The Morgan fingerprint density at radius 3 is 2.44 bits per heavy atom. The third-order valence-corrected chi connectivity index (χ3v) is 4.84. The lowest BCUT2D eigenvalue weighted by Crippen LogP contribution is -2.29. The maximum atomic E-state index is 13.4. The molecular weight excluding hydrogens is 386 g/mol. The van der Waals surface area contributed by atoms with Crippen LogP contribution in [0.1, 0.15) is 11.1 Å². The van der Waals surface area contributed by atoms with Crippen molar-refractivity contribution in [3.05, 3.63) is 93.7 Å². The summed E-state index contributed by atoms with van der Waals surface area (Å²) in [6.07, 6.45) is 0. The summed E-state index contributed by atoms with van der Waals surface area (Å²) in [5.74, 6) is -0.741. The standard InChI is InChI=1S/C21H13Cl2FN2O/c22-14-7-5-13(6-8-14)12-26-19-4-2-1-3-16(19)20(21(26)27)25-15-9-10-18(24)17(23)11-15/h1-11H,12H2. The fraction of sp³-hybridized carbons (Fsp3) is 0.0476. The number of aliphatic imine (C=N–C) groups is 1. The van der Waals surface area contributed by atoms with E-state index in [1.165, 1.54) is 18.2 Å². The van der Waals surface area contributed by atoms with Gasteiger partial charge in [-0.25, -0.2) is 9.38 Å². The molecule has 0 saturated carbocycles. The zero-order valence-corrected chi connectivity index (χ0v) is 15.5. The van der Waals surface area contributed by atoms with Gasteiger partial charge in [-0.1, -0.05) is 53.5 Å². The molecule has 0 fully saturated rings. The van der Waals surface area contributed by atoms with E-state index in [0.717, 1.165) is 16.8 Å². The lowest BCUT2D eigenvalue weighted by Gasteiger charge is -2.16. The van der Waals surface area contributed by atoms with Crippen molar-refractivity contribution in [1.82, 2.24) is 0 Å². The molecule has 0 saturated heterocycles. The fourth-order valence-electron chi connectivity index (χ4n) is 2.98. The van der Waals surface area contributed by atoms with E-state index in [2.05, 4.69) is 4.99 Å². The molecule has 134 valence electrons. The highest BCUT2D eigenvalue weighted by Gasteiger charge is 2.33. The average Bonchev–Trinajstić information content (AvgIpc) is 2.92. The molecule has 0 unspecified atom stereocenters. The number of anilines is 1. The van der Waals surface area contributed by atoms with Crippen LogP contribution in [0.4, 0.5) is 15.8 Å². The highest BCUT2D eigenvalue weighted by molar-refractivity contribution is 6.54. The van der Waals surface area contributed by atoms with Crippen molar-refractivity contribution in [3.8, 4) is 0 Å². The quantitative estimate of drug-likeness (QED) is 0.548. The van der Waals surface area contributed by atoms with Crippen LogP contribution < -0.4 is 4.90 Å². The number of nitrogens with zero attached hydrogens (tertiary/aromatic N) is 2. The number of hydrogen-bond acceptors (Lipinski definition) is 2. The first kappa shape index (κ1) is 17.7. The Morgan fingerprint density at radius 2 is 1.70 bits per heavy atom. The Hall–Kier alpha value is -2.69. The Balaban J connectivity index is 1.74. The van der Waals surface area contributed by atoms with Crippen molar-refractivity contribution in [3.63, 3.8) is 0 Å². The number of para-hydroxylation sites is 1. The molecule has 0 bridgehead atoms. The molecule has 3 aromatic carbocycles. The Kier molecular flexibility index (Phi) is 4.68. The fourth-order valence-corrected chi connectivity index (χ4v) is 3.28. The van der Waals surface area contributed by atoms with Gasteiger partial charge in [0, 0.05) is 10.6 Å². The largest absolute Gasteiger partial charge is 0.302 e. The van der Waals surface area contributed by atoms with Gasteiger partial charge < -0.3 is 4.90 Å². The third-order valence-electron chi connectivity index (χ3n) is 4.30. The number of amides is 1. The molecule has 0 radical (unpaired) electrons. The molecule has 1 aliphatic heterocycles. The van der Waals surface area contributed by atoms with Crippen molar-refractivity contribution in [2.45, 2.75) is 6.54 Å². The van der Waals surface area contributed by atoms with Crippen LogP contribution in [0.5, 0.6) is 0 Å². The Labute approximate surface area is 165 Å². The first-order valence-electron chi connectivity index (χ1n) is 8.22. The van der Waals surface area contributed by atoms with Gasteiger partial charge in [0.05, 0.1) is 22.9 Å². The van der Waals surface area contributed by atoms with Crippen LogP contribution in [0.3, 0.4) is 0 Å². The smallest absolute Gasteiger partial charge is 0.277 e. The summed E-state index contributed by atoms with van der Waals surface area (Å²) >= 11 is 11.8. The number of carbonyl (C=O) groups excluding carboxylic acids is 1. The predicted molar refractivity (Wildman–Crippen MR) is 107 cm³/mol. The summed E-state index contributed by atoms with van der Waals surface area (Å²) in [5.41, 5.74) is 3.20.